The molecular weight excluding hydrogens is 436 g/mol. The SMILES string of the molecule is CCCCCOc1ccc(C(=O)CCC(=O)OC(C)C(=O)Nc2ccc(NC(C)=O)cc2)cc1. The minimum Gasteiger partial charge on any atom is -0.494 e. The van der Waals surface area contributed by atoms with Crippen LogP contribution >= 0.6 is 0 Å². The standard InChI is InChI=1S/C26H32N2O6/c1-4-5-6-17-33-23-13-7-20(8-14-23)24(30)15-16-25(31)34-18(2)26(32)28-22-11-9-21(10-12-22)27-19(3)29/h7-14,18H,4-6,15-17H2,1-3H3,(H,27,29)(H,28,32). The summed E-state index contributed by atoms with van der Waals surface area (Å²) < 4.78 is 10.8. The van der Waals surface area contributed by atoms with Crippen LogP contribution in [0.15, 0.2) is 48.5 Å². The monoisotopic (exact) mass is 468 g/mol. The van der Waals surface area contributed by atoms with Crippen molar-refractivity contribution < 1.29 is 28.7 Å². The molecule has 0 aliphatic heterocycles. The van der Waals surface area contributed by atoms with Crippen LogP contribution in [-0.4, -0.2) is 36.3 Å². The number of unbranched alkanes of at least 4 members (excludes halogenated alkanes) is 2. The molecule has 0 saturated heterocycles. The zero-order valence-electron chi connectivity index (χ0n) is 19.9. The van der Waals surface area contributed by atoms with Gasteiger partial charge >= 0.3 is 5.97 Å². The predicted molar refractivity (Wildman–Crippen MR) is 130 cm³/mol. The number of amides is 2. The summed E-state index contributed by atoms with van der Waals surface area (Å²) in [6.45, 7) is 5.63. The number of carbonyl (C=O) groups is 4. The fourth-order valence-electron chi connectivity index (χ4n) is 3.03. The van der Waals surface area contributed by atoms with Gasteiger partial charge in [-0.2, -0.15) is 0 Å². The van der Waals surface area contributed by atoms with E-state index in [4.69, 9.17) is 9.47 Å². The second-order valence-corrected chi connectivity index (χ2v) is 7.88. The van der Waals surface area contributed by atoms with Gasteiger partial charge in [-0.15, -0.1) is 0 Å². The van der Waals surface area contributed by atoms with Crippen molar-refractivity contribution in [1.82, 2.24) is 0 Å². The van der Waals surface area contributed by atoms with Crippen molar-refractivity contribution in [1.29, 1.82) is 0 Å². The van der Waals surface area contributed by atoms with Gasteiger partial charge in [0.15, 0.2) is 11.9 Å². The van der Waals surface area contributed by atoms with Crippen molar-refractivity contribution in [2.45, 2.75) is 59.0 Å². The highest BCUT2D eigenvalue weighted by molar-refractivity contribution is 5.98. The smallest absolute Gasteiger partial charge is 0.307 e. The third-order valence-corrected chi connectivity index (χ3v) is 4.90. The van der Waals surface area contributed by atoms with Gasteiger partial charge in [-0.3, -0.25) is 19.2 Å². The Balaban J connectivity index is 1.74. The van der Waals surface area contributed by atoms with E-state index in [-0.39, 0.29) is 24.5 Å². The number of ether oxygens (including phenoxy) is 2. The van der Waals surface area contributed by atoms with E-state index in [1.807, 2.05) is 0 Å². The first-order valence-corrected chi connectivity index (χ1v) is 11.4. The van der Waals surface area contributed by atoms with Gasteiger partial charge < -0.3 is 20.1 Å². The lowest BCUT2D eigenvalue weighted by atomic mass is 10.1. The number of nitrogens with one attached hydrogen (secondary N) is 2. The molecule has 0 heterocycles. The Bertz CT molecular complexity index is 970. The van der Waals surface area contributed by atoms with Gasteiger partial charge in [0.05, 0.1) is 13.0 Å². The number of carbonyl (C=O) groups excluding carboxylic acids is 4. The Labute approximate surface area is 200 Å². The summed E-state index contributed by atoms with van der Waals surface area (Å²) in [5.41, 5.74) is 1.58. The maximum atomic E-state index is 12.4. The molecule has 1 unspecified atom stereocenters. The van der Waals surface area contributed by atoms with Crippen molar-refractivity contribution in [3.63, 3.8) is 0 Å². The zero-order valence-corrected chi connectivity index (χ0v) is 19.9. The average molecular weight is 469 g/mol. The van der Waals surface area contributed by atoms with Crippen LogP contribution in [0.4, 0.5) is 11.4 Å². The highest BCUT2D eigenvalue weighted by Gasteiger charge is 2.19. The molecule has 182 valence electrons. The Morgan fingerprint density at radius 2 is 1.47 bits per heavy atom. The van der Waals surface area contributed by atoms with Crippen LogP contribution in [0.5, 0.6) is 5.75 Å². The molecule has 0 spiro atoms. The molecule has 0 aliphatic carbocycles. The summed E-state index contributed by atoms with van der Waals surface area (Å²) in [6.07, 6.45) is 2.05. The molecule has 0 aromatic heterocycles. The summed E-state index contributed by atoms with van der Waals surface area (Å²) in [7, 11) is 0. The molecule has 0 saturated carbocycles. The lowest BCUT2D eigenvalue weighted by Crippen LogP contribution is -2.30. The van der Waals surface area contributed by atoms with Crippen LogP contribution < -0.4 is 15.4 Å². The molecule has 0 bridgehead atoms. The van der Waals surface area contributed by atoms with E-state index in [9.17, 15) is 19.2 Å². The lowest BCUT2D eigenvalue weighted by molar-refractivity contribution is -0.153. The molecule has 2 rings (SSSR count). The molecule has 0 aliphatic rings. The second-order valence-electron chi connectivity index (χ2n) is 7.88. The highest BCUT2D eigenvalue weighted by atomic mass is 16.5. The van der Waals surface area contributed by atoms with Crippen LogP contribution in [-0.2, 0) is 19.1 Å². The molecule has 2 N–H and O–H groups in total. The minimum absolute atomic E-state index is 0.0194. The fraction of sp³-hybridized carbons (Fsp3) is 0.385. The first-order valence-electron chi connectivity index (χ1n) is 11.4. The lowest BCUT2D eigenvalue weighted by Gasteiger charge is -2.14. The van der Waals surface area contributed by atoms with Crippen LogP contribution in [0.1, 0.15) is 63.2 Å². The molecule has 1 atom stereocenters. The van der Waals surface area contributed by atoms with Crippen molar-refractivity contribution in [2.24, 2.45) is 0 Å². The molecule has 2 aromatic rings. The van der Waals surface area contributed by atoms with Gasteiger partial charge in [0, 0.05) is 30.3 Å². The largest absolute Gasteiger partial charge is 0.494 e. The average Bonchev–Trinajstić information content (AvgIpc) is 2.81. The third kappa shape index (κ3) is 9.44. The molecule has 2 amide bonds. The molecule has 0 radical (unpaired) electrons. The van der Waals surface area contributed by atoms with Crippen molar-refractivity contribution >= 4 is 34.9 Å². The van der Waals surface area contributed by atoms with Gasteiger partial charge in [0.1, 0.15) is 5.75 Å². The topological polar surface area (TPSA) is 111 Å². The van der Waals surface area contributed by atoms with E-state index in [2.05, 4.69) is 17.6 Å². The number of anilines is 2. The molecule has 8 nitrogen and oxygen atoms in total. The van der Waals surface area contributed by atoms with E-state index in [0.29, 0.717) is 29.3 Å². The van der Waals surface area contributed by atoms with E-state index >= 15 is 0 Å². The zero-order chi connectivity index (χ0) is 24.9. The van der Waals surface area contributed by atoms with Crippen molar-refractivity contribution in [2.75, 3.05) is 17.2 Å². The molecule has 8 heteroatoms. The number of hydrogen-bond donors (Lipinski definition) is 2. The normalized spacial score (nSPS) is 11.3. The van der Waals surface area contributed by atoms with Crippen LogP contribution in [0.3, 0.4) is 0 Å². The Morgan fingerprint density at radius 1 is 0.853 bits per heavy atom. The van der Waals surface area contributed by atoms with E-state index in [1.165, 1.54) is 13.8 Å². The maximum Gasteiger partial charge on any atom is 0.307 e. The highest BCUT2D eigenvalue weighted by Crippen LogP contribution is 2.16. The molecular formula is C26H32N2O6. The van der Waals surface area contributed by atoms with Gasteiger partial charge in [0.25, 0.3) is 5.91 Å². The summed E-state index contributed by atoms with van der Waals surface area (Å²) in [5, 5.41) is 5.27. The Kier molecular flexibility index (Phi) is 10.8. The Morgan fingerprint density at radius 3 is 2.06 bits per heavy atom. The number of esters is 1. The third-order valence-electron chi connectivity index (χ3n) is 4.90. The van der Waals surface area contributed by atoms with E-state index < -0.39 is 18.0 Å². The first kappa shape index (κ1) is 26.6. The van der Waals surface area contributed by atoms with Crippen LogP contribution in [0, 0.1) is 0 Å². The fourth-order valence-corrected chi connectivity index (χ4v) is 3.03. The number of hydrogen-bond acceptors (Lipinski definition) is 6. The molecule has 0 fully saturated rings. The van der Waals surface area contributed by atoms with Gasteiger partial charge in [-0.1, -0.05) is 19.8 Å². The first-order chi connectivity index (χ1) is 16.3. The van der Waals surface area contributed by atoms with Gasteiger partial charge in [-0.05, 0) is 61.9 Å². The number of rotatable bonds is 13. The van der Waals surface area contributed by atoms with Crippen molar-refractivity contribution in [3.8, 4) is 5.75 Å². The van der Waals surface area contributed by atoms with Crippen molar-refractivity contribution in [3.05, 3.63) is 54.1 Å². The summed E-state index contributed by atoms with van der Waals surface area (Å²) in [6, 6.07) is 13.4. The minimum atomic E-state index is -1.03. The van der Waals surface area contributed by atoms with Gasteiger partial charge in [0.2, 0.25) is 5.91 Å². The molecule has 2 aromatic carbocycles. The van der Waals surface area contributed by atoms with E-state index in [0.717, 1.165) is 19.3 Å². The van der Waals surface area contributed by atoms with E-state index in [1.54, 1.807) is 48.5 Å². The number of ketones is 1. The van der Waals surface area contributed by atoms with Gasteiger partial charge in [-0.25, -0.2) is 0 Å². The summed E-state index contributed by atoms with van der Waals surface area (Å²) in [4.78, 5) is 47.8. The number of benzene rings is 2. The quantitative estimate of drug-likeness (QED) is 0.249. The predicted octanol–water partition coefficient (Wildman–Crippen LogP) is 4.75. The summed E-state index contributed by atoms with van der Waals surface area (Å²) in [5.74, 6) is -0.809. The van der Waals surface area contributed by atoms with Crippen LogP contribution in [0.25, 0.3) is 0 Å². The second kappa shape index (κ2) is 13.8. The summed E-state index contributed by atoms with van der Waals surface area (Å²) >= 11 is 0. The number of Topliss-reactive ketones (excluding diaryl/α,β-unsaturated/α-hetero) is 1. The van der Waals surface area contributed by atoms with Crippen LogP contribution in [0.2, 0.25) is 0 Å². The molecule has 34 heavy (non-hydrogen) atoms. The maximum absolute atomic E-state index is 12.4. The Hall–Kier alpha value is -3.68.